The van der Waals surface area contributed by atoms with Gasteiger partial charge in [-0.25, -0.2) is 8.42 Å². The fourth-order valence-electron chi connectivity index (χ4n) is 1.17. The SMILES string of the molecule is Nc1cc(C(F)(F)F)c(S(=O)(=O)Cl)cc1[N+](=O)[O-]. The lowest BCUT2D eigenvalue weighted by Crippen LogP contribution is -2.12. The normalized spacial score (nSPS) is 12.4. The van der Waals surface area contributed by atoms with E-state index in [1.54, 1.807) is 0 Å². The smallest absolute Gasteiger partial charge is 0.393 e. The lowest BCUT2D eigenvalue weighted by molar-refractivity contribution is -0.384. The zero-order chi connectivity index (χ0) is 14.3. The van der Waals surface area contributed by atoms with Gasteiger partial charge in [-0.1, -0.05) is 0 Å². The van der Waals surface area contributed by atoms with Gasteiger partial charge in [0.1, 0.15) is 10.6 Å². The summed E-state index contributed by atoms with van der Waals surface area (Å²) in [6.07, 6.45) is -5.06. The molecule has 0 unspecified atom stereocenters. The Kier molecular flexibility index (Phi) is 3.45. The predicted molar refractivity (Wildman–Crippen MR) is 55.5 cm³/mol. The lowest BCUT2D eigenvalue weighted by atomic mass is 10.1. The van der Waals surface area contributed by atoms with Crippen molar-refractivity contribution in [3.05, 3.63) is 27.8 Å². The quantitative estimate of drug-likeness (QED) is 0.390. The molecule has 6 nitrogen and oxygen atoms in total. The molecule has 0 fully saturated rings. The first-order chi connectivity index (χ1) is 7.94. The third kappa shape index (κ3) is 2.82. The summed E-state index contributed by atoms with van der Waals surface area (Å²) in [6, 6.07) is 0.341. The Balaban J connectivity index is 3.75. The number of nitro groups is 1. The molecule has 2 N–H and O–H groups in total. The summed E-state index contributed by atoms with van der Waals surface area (Å²) in [5, 5.41) is 10.5. The molecule has 0 aliphatic heterocycles. The summed E-state index contributed by atoms with van der Waals surface area (Å²) in [5.74, 6) is 0. The summed E-state index contributed by atoms with van der Waals surface area (Å²) < 4.78 is 59.6. The molecule has 0 spiro atoms. The van der Waals surface area contributed by atoms with Crippen LogP contribution in [0, 0.1) is 10.1 Å². The number of anilines is 1. The third-order valence-corrected chi connectivity index (χ3v) is 3.26. The Morgan fingerprint density at radius 3 is 2.17 bits per heavy atom. The van der Waals surface area contributed by atoms with Gasteiger partial charge < -0.3 is 5.73 Å². The standard InChI is InChI=1S/C7H4ClF3N2O4S/c8-18(16,17)6-2-5(13(14)15)4(12)1-3(6)7(9,10)11/h1-2H,12H2. The van der Waals surface area contributed by atoms with E-state index in [9.17, 15) is 31.7 Å². The van der Waals surface area contributed by atoms with E-state index in [1.165, 1.54) is 0 Å². The van der Waals surface area contributed by atoms with E-state index in [2.05, 4.69) is 0 Å². The fraction of sp³-hybridized carbons (Fsp3) is 0.143. The minimum atomic E-state index is -5.06. The van der Waals surface area contributed by atoms with E-state index in [-0.39, 0.29) is 12.1 Å². The molecule has 0 saturated heterocycles. The van der Waals surface area contributed by atoms with Crippen LogP contribution in [0.1, 0.15) is 5.56 Å². The van der Waals surface area contributed by atoms with Crippen LogP contribution < -0.4 is 5.73 Å². The van der Waals surface area contributed by atoms with Gasteiger partial charge in [0, 0.05) is 16.7 Å². The molecule has 0 aromatic heterocycles. The number of nitro benzene ring substituents is 1. The molecule has 0 aliphatic rings. The number of nitrogen functional groups attached to an aromatic ring is 1. The minimum Gasteiger partial charge on any atom is -0.393 e. The van der Waals surface area contributed by atoms with Crippen molar-refractivity contribution < 1.29 is 26.5 Å². The number of halogens is 4. The highest BCUT2D eigenvalue weighted by atomic mass is 35.7. The number of hydrogen-bond donors (Lipinski definition) is 1. The topological polar surface area (TPSA) is 103 Å². The molecule has 0 bridgehead atoms. The Morgan fingerprint density at radius 2 is 1.83 bits per heavy atom. The molecule has 0 aliphatic carbocycles. The van der Waals surface area contributed by atoms with Crippen molar-refractivity contribution in [2.75, 3.05) is 5.73 Å². The van der Waals surface area contributed by atoms with Crippen LogP contribution in [-0.2, 0) is 15.2 Å². The highest BCUT2D eigenvalue weighted by Gasteiger charge is 2.39. The second-order valence-corrected chi connectivity index (χ2v) is 5.63. The van der Waals surface area contributed by atoms with E-state index in [4.69, 9.17) is 16.4 Å². The molecule has 18 heavy (non-hydrogen) atoms. The summed E-state index contributed by atoms with van der Waals surface area (Å²) in [7, 11) is 0.0104. The van der Waals surface area contributed by atoms with Crippen molar-refractivity contribution in [3.8, 4) is 0 Å². The van der Waals surface area contributed by atoms with Gasteiger partial charge in [-0.3, -0.25) is 10.1 Å². The molecule has 0 atom stereocenters. The second-order valence-electron chi connectivity index (χ2n) is 3.10. The van der Waals surface area contributed by atoms with Crippen LogP contribution in [0.25, 0.3) is 0 Å². The first-order valence-electron chi connectivity index (χ1n) is 4.04. The minimum absolute atomic E-state index is 0.160. The van der Waals surface area contributed by atoms with Gasteiger partial charge in [0.2, 0.25) is 0 Å². The summed E-state index contributed by atoms with van der Waals surface area (Å²) in [4.78, 5) is 7.95. The molecule has 1 rings (SSSR count). The summed E-state index contributed by atoms with van der Waals surface area (Å²) >= 11 is 0. The van der Waals surface area contributed by atoms with E-state index >= 15 is 0 Å². The van der Waals surface area contributed by atoms with Crippen molar-refractivity contribution >= 4 is 31.1 Å². The van der Waals surface area contributed by atoms with Gasteiger partial charge in [0.05, 0.1) is 10.5 Å². The number of nitrogens with zero attached hydrogens (tertiary/aromatic N) is 1. The van der Waals surface area contributed by atoms with Gasteiger partial charge in [0.15, 0.2) is 0 Å². The molecular weight excluding hydrogens is 301 g/mol. The number of benzene rings is 1. The van der Waals surface area contributed by atoms with Crippen LogP contribution >= 0.6 is 10.7 Å². The van der Waals surface area contributed by atoms with Crippen molar-refractivity contribution in [1.29, 1.82) is 0 Å². The van der Waals surface area contributed by atoms with Crippen LogP contribution in [-0.4, -0.2) is 13.3 Å². The van der Waals surface area contributed by atoms with Gasteiger partial charge in [-0.05, 0) is 6.07 Å². The maximum atomic E-state index is 12.5. The third-order valence-electron chi connectivity index (χ3n) is 1.89. The van der Waals surface area contributed by atoms with E-state index in [0.29, 0.717) is 0 Å². The van der Waals surface area contributed by atoms with Crippen molar-refractivity contribution in [2.45, 2.75) is 11.1 Å². The number of hydrogen-bond acceptors (Lipinski definition) is 5. The number of rotatable bonds is 2. The Hall–Kier alpha value is -1.55. The highest BCUT2D eigenvalue weighted by molar-refractivity contribution is 8.13. The lowest BCUT2D eigenvalue weighted by Gasteiger charge is -2.11. The van der Waals surface area contributed by atoms with Crippen LogP contribution in [0.15, 0.2) is 17.0 Å². The predicted octanol–water partition coefficient (Wildman–Crippen LogP) is 2.12. The first-order valence-corrected chi connectivity index (χ1v) is 6.35. The van der Waals surface area contributed by atoms with Gasteiger partial charge in [-0.15, -0.1) is 0 Å². The van der Waals surface area contributed by atoms with E-state index in [1.807, 2.05) is 0 Å². The molecule has 0 saturated carbocycles. The maximum Gasteiger partial charge on any atom is 0.417 e. The van der Waals surface area contributed by atoms with Crippen molar-refractivity contribution in [3.63, 3.8) is 0 Å². The molecule has 100 valence electrons. The van der Waals surface area contributed by atoms with Gasteiger partial charge >= 0.3 is 6.18 Å². The Bertz CT molecular complexity index is 614. The van der Waals surface area contributed by atoms with Gasteiger partial charge in [-0.2, -0.15) is 13.2 Å². The maximum absolute atomic E-state index is 12.5. The molecule has 0 radical (unpaired) electrons. The van der Waals surface area contributed by atoms with Crippen molar-refractivity contribution in [2.24, 2.45) is 0 Å². The molecule has 1 aromatic rings. The first kappa shape index (κ1) is 14.5. The highest BCUT2D eigenvalue weighted by Crippen LogP contribution is 2.39. The van der Waals surface area contributed by atoms with Crippen LogP contribution in [0.5, 0.6) is 0 Å². The molecule has 0 amide bonds. The average molecular weight is 305 g/mol. The van der Waals surface area contributed by atoms with Crippen molar-refractivity contribution in [1.82, 2.24) is 0 Å². The summed E-state index contributed by atoms with van der Waals surface area (Å²) in [5.41, 5.74) is 1.62. The van der Waals surface area contributed by atoms with E-state index < -0.39 is 42.0 Å². The van der Waals surface area contributed by atoms with Crippen LogP contribution in [0.4, 0.5) is 24.5 Å². The molecular formula is C7H4ClF3N2O4S. The fourth-order valence-corrected chi connectivity index (χ4v) is 2.24. The summed E-state index contributed by atoms with van der Waals surface area (Å²) in [6.45, 7) is 0. The van der Waals surface area contributed by atoms with E-state index in [0.717, 1.165) is 0 Å². The van der Waals surface area contributed by atoms with Crippen LogP contribution in [0.2, 0.25) is 0 Å². The monoisotopic (exact) mass is 304 g/mol. The van der Waals surface area contributed by atoms with Gasteiger partial charge in [0.25, 0.3) is 14.7 Å². The molecule has 1 aromatic carbocycles. The molecule has 11 heteroatoms. The second kappa shape index (κ2) is 4.28. The number of nitrogens with two attached hydrogens (primary N) is 1. The Labute approximate surface area is 103 Å². The Morgan fingerprint density at radius 1 is 1.33 bits per heavy atom. The average Bonchev–Trinajstić information content (AvgIpc) is 2.13. The zero-order valence-electron chi connectivity index (χ0n) is 8.23. The number of alkyl halides is 3. The largest absolute Gasteiger partial charge is 0.417 e. The van der Waals surface area contributed by atoms with Crippen LogP contribution in [0.3, 0.4) is 0 Å². The zero-order valence-corrected chi connectivity index (χ0v) is 9.80. The molecule has 0 heterocycles.